The van der Waals surface area contributed by atoms with Crippen molar-refractivity contribution < 1.29 is 4.74 Å². The van der Waals surface area contributed by atoms with Gasteiger partial charge in [-0.15, -0.1) is 5.10 Å². The van der Waals surface area contributed by atoms with E-state index in [1.165, 1.54) is 22.0 Å². The Bertz CT molecular complexity index is 614. The second-order valence-corrected chi connectivity index (χ2v) is 7.16. The summed E-state index contributed by atoms with van der Waals surface area (Å²) in [6.07, 6.45) is 0.106. The number of halogens is 1. The molecule has 4 nitrogen and oxygen atoms in total. The molecule has 1 aliphatic rings. The van der Waals surface area contributed by atoms with Crippen LogP contribution in [-0.2, 0) is 11.3 Å². The summed E-state index contributed by atoms with van der Waals surface area (Å²) in [7, 11) is 0. The number of hydrogen-bond acceptors (Lipinski definition) is 5. The maximum atomic E-state index is 5.96. The van der Waals surface area contributed by atoms with Crippen LogP contribution in [0.4, 0.5) is 0 Å². The molecular formula is C16H20ClN3OS. The summed E-state index contributed by atoms with van der Waals surface area (Å²) < 4.78 is 10.0. The zero-order chi connectivity index (χ0) is 15.5. The van der Waals surface area contributed by atoms with E-state index in [0.717, 1.165) is 37.0 Å². The van der Waals surface area contributed by atoms with Crippen molar-refractivity contribution in [2.24, 2.45) is 0 Å². The zero-order valence-corrected chi connectivity index (χ0v) is 14.4. The monoisotopic (exact) mass is 337 g/mol. The molecule has 1 fully saturated rings. The summed E-state index contributed by atoms with van der Waals surface area (Å²) in [5.74, 6) is 0.418. The van der Waals surface area contributed by atoms with Crippen LogP contribution in [0, 0.1) is 0 Å². The number of morpholine rings is 1. The molecule has 1 saturated heterocycles. The highest BCUT2D eigenvalue weighted by Gasteiger charge is 2.24. The van der Waals surface area contributed by atoms with Crippen molar-refractivity contribution in [3.05, 3.63) is 45.4 Å². The van der Waals surface area contributed by atoms with Crippen molar-refractivity contribution in [2.45, 2.75) is 32.4 Å². The second-order valence-electron chi connectivity index (χ2n) is 5.88. The van der Waals surface area contributed by atoms with Gasteiger partial charge in [0.2, 0.25) is 0 Å². The lowest BCUT2D eigenvalue weighted by Crippen LogP contribution is -2.37. The fourth-order valence-electron chi connectivity index (χ4n) is 2.69. The van der Waals surface area contributed by atoms with Crippen LogP contribution in [0.3, 0.4) is 0 Å². The first-order chi connectivity index (χ1) is 10.6. The summed E-state index contributed by atoms with van der Waals surface area (Å²) in [5.41, 5.74) is 2.31. The van der Waals surface area contributed by atoms with Gasteiger partial charge in [0.1, 0.15) is 0 Å². The van der Waals surface area contributed by atoms with E-state index in [-0.39, 0.29) is 6.10 Å². The maximum absolute atomic E-state index is 5.96. The second kappa shape index (κ2) is 7.04. The fraction of sp³-hybridized carbons (Fsp3) is 0.500. The normalized spacial score (nSPS) is 19.7. The Kier molecular flexibility index (Phi) is 5.08. The highest BCUT2D eigenvalue weighted by Crippen LogP contribution is 2.27. The molecule has 1 aromatic carbocycles. The molecule has 0 saturated carbocycles. The van der Waals surface area contributed by atoms with Crippen molar-refractivity contribution in [2.75, 3.05) is 19.7 Å². The molecule has 0 bridgehead atoms. The molecule has 6 heteroatoms. The largest absolute Gasteiger partial charge is 0.371 e. The van der Waals surface area contributed by atoms with Crippen LogP contribution in [0.15, 0.2) is 24.3 Å². The van der Waals surface area contributed by atoms with Crippen LogP contribution in [0.1, 0.15) is 42.0 Å². The van der Waals surface area contributed by atoms with Gasteiger partial charge in [-0.2, -0.15) is 0 Å². The molecule has 2 heterocycles. The van der Waals surface area contributed by atoms with Gasteiger partial charge in [0, 0.05) is 24.7 Å². The molecule has 1 aliphatic heterocycles. The minimum Gasteiger partial charge on any atom is -0.371 e. The third-order valence-electron chi connectivity index (χ3n) is 3.89. The molecule has 0 unspecified atom stereocenters. The Balaban J connectivity index is 1.68. The van der Waals surface area contributed by atoms with Crippen LogP contribution >= 0.6 is 23.1 Å². The van der Waals surface area contributed by atoms with Gasteiger partial charge in [0.15, 0.2) is 0 Å². The Labute approximate surface area is 140 Å². The molecule has 1 aromatic heterocycles. The Morgan fingerprint density at radius 1 is 1.36 bits per heavy atom. The van der Waals surface area contributed by atoms with Gasteiger partial charge in [-0.25, -0.2) is 0 Å². The molecule has 1 atom stereocenters. The predicted molar refractivity (Wildman–Crippen MR) is 89.4 cm³/mol. The van der Waals surface area contributed by atoms with Crippen LogP contribution < -0.4 is 0 Å². The van der Waals surface area contributed by atoms with E-state index >= 15 is 0 Å². The van der Waals surface area contributed by atoms with E-state index in [1.807, 2.05) is 24.3 Å². The lowest BCUT2D eigenvalue weighted by Gasteiger charge is -2.33. The van der Waals surface area contributed by atoms with Gasteiger partial charge in [0.25, 0.3) is 0 Å². The summed E-state index contributed by atoms with van der Waals surface area (Å²) in [6, 6.07) is 7.93. The van der Waals surface area contributed by atoms with E-state index in [2.05, 4.69) is 28.3 Å². The molecule has 0 amide bonds. The molecule has 3 rings (SSSR count). The fourth-order valence-corrected chi connectivity index (χ4v) is 3.66. The number of benzene rings is 1. The summed E-state index contributed by atoms with van der Waals surface area (Å²) in [5, 5.41) is 5.02. The third-order valence-corrected chi connectivity index (χ3v) is 4.87. The van der Waals surface area contributed by atoms with E-state index in [1.54, 1.807) is 0 Å². The first kappa shape index (κ1) is 15.9. The first-order valence-corrected chi connectivity index (χ1v) is 8.69. The third kappa shape index (κ3) is 3.66. The minimum absolute atomic E-state index is 0.106. The number of ether oxygens (including phenoxy) is 1. The standard InChI is InChI=1S/C16H20ClN3OS/c1-11(2)16-15(22-19-18-16)10-20-7-8-21-14(9-20)12-3-5-13(17)6-4-12/h3-6,11,14H,7-10H2,1-2H3/t14-/m1/s1. The predicted octanol–water partition coefficient (Wildman–Crippen LogP) is 3.89. The highest BCUT2D eigenvalue weighted by atomic mass is 35.5. The van der Waals surface area contributed by atoms with Gasteiger partial charge in [-0.05, 0) is 35.1 Å². The van der Waals surface area contributed by atoms with E-state index in [0.29, 0.717) is 5.92 Å². The van der Waals surface area contributed by atoms with E-state index in [9.17, 15) is 0 Å². The zero-order valence-electron chi connectivity index (χ0n) is 12.8. The van der Waals surface area contributed by atoms with E-state index < -0.39 is 0 Å². The lowest BCUT2D eigenvalue weighted by atomic mass is 10.1. The van der Waals surface area contributed by atoms with Gasteiger partial charge in [-0.1, -0.05) is 42.1 Å². The Morgan fingerprint density at radius 3 is 2.86 bits per heavy atom. The number of hydrogen-bond donors (Lipinski definition) is 0. The first-order valence-electron chi connectivity index (χ1n) is 7.54. The molecule has 2 aromatic rings. The molecular weight excluding hydrogens is 318 g/mol. The molecule has 0 spiro atoms. The number of aromatic nitrogens is 2. The SMILES string of the molecule is CC(C)c1nnsc1CN1CCO[C@@H](c2ccc(Cl)cc2)C1. The average Bonchev–Trinajstić information content (AvgIpc) is 2.96. The average molecular weight is 338 g/mol. The number of nitrogens with zero attached hydrogens (tertiary/aromatic N) is 3. The van der Waals surface area contributed by atoms with Crippen LogP contribution in [0.2, 0.25) is 5.02 Å². The van der Waals surface area contributed by atoms with Gasteiger partial charge >= 0.3 is 0 Å². The number of rotatable bonds is 4. The summed E-state index contributed by atoms with van der Waals surface area (Å²) in [6.45, 7) is 7.80. The molecule has 0 N–H and O–H groups in total. The Morgan fingerprint density at radius 2 is 2.14 bits per heavy atom. The van der Waals surface area contributed by atoms with Crippen LogP contribution in [-0.4, -0.2) is 34.2 Å². The van der Waals surface area contributed by atoms with Gasteiger partial charge < -0.3 is 4.74 Å². The van der Waals surface area contributed by atoms with Gasteiger partial charge in [-0.3, -0.25) is 4.90 Å². The van der Waals surface area contributed by atoms with Crippen molar-refractivity contribution in [1.29, 1.82) is 0 Å². The lowest BCUT2D eigenvalue weighted by molar-refractivity contribution is -0.0327. The minimum atomic E-state index is 0.106. The topological polar surface area (TPSA) is 38.2 Å². The van der Waals surface area contributed by atoms with Crippen molar-refractivity contribution >= 4 is 23.1 Å². The summed E-state index contributed by atoms with van der Waals surface area (Å²) >= 11 is 7.47. The molecule has 118 valence electrons. The smallest absolute Gasteiger partial charge is 0.0952 e. The van der Waals surface area contributed by atoms with E-state index in [4.69, 9.17) is 16.3 Å². The highest BCUT2D eigenvalue weighted by molar-refractivity contribution is 7.05. The molecule has 0 aliphatic carbocycles. The van der Waals surface area contributed by atoms with Gasteiger partial charge in [0.05, 0.1) is 23.3 Å². The quantitative estimate of drug-likeness (QED) is 0.848. The Hall–Kier alpha value is -1.01. The van der Waals surface area contributed by atoms with Crippen molar-refractivity contribution in [1.82, 2.24) is 14.5 Å². The summed E-state index contributed by atoms with van der Waals surface area (Å²) in [4.78, 5) is 3.69. The van der Waals surface area contributed by atoms with Crippen LogP contribution in [0.25, 0.3) is 0 Å². The van der Waals surface area contributed by atoms with Crippen molar-refractivity contribution in [3.63, 3.8) is 0 Å². The maximum Gasteiger partial charge on any atom is 0.0952 e. The molecule has 22 heavy (non-hydrogen) atoms. The molecule has 0 radical (unpaired) electrons. The van der Waals surface area contributed by atoms with Crippen LogP contribution in [0.5, 0.6) is 0 Å². The van der Waals surface area contributed by atoms with Crippen molar-refractivity contribution in [3.8, 4) is 0 Å².